The molecular formula is C20H19Cl2N3O4S. The number of amides is 1. The van der Waals surface area contributed by atoms with Crippen molar-refractivity contribution < 1.29 is 17.6 Å². The van der Waals surface area contributed by atoms with E-state index in [0.717, 1.165) is 4.31 Å². The molecule has 0 aliphatic carbocycles. The fourth-order valence-corrected chi connectivity index (χ4v) is 4.01. The monoisotopic (exact) mass is 467 g/mol. The van der Waals surface area contributed by atoms with Crippen LogP contribution in [0, 0.1) is 0 Å². The zero-order chi connectivity index (χ0) is 21.9. The third kappa shape index (κ3) is 5.20. The van der Waals surface area contributed by atoms with Gasteiger partial charge in [-0.15, -0.1) is 0 Å². The molecule has 1 amide bonds. The Hall–Kier alpha value is -2.39. The van der Waals surface area contributed by atoms with Crippen LogP contribution in [0.4, 0.5) is 5.69 Å². The van der Waals surface area contributed by atoms with Gasteiger partial charge in [-0.25, -0.2) is 17.7 Å². The second-order valence-electron chi connectivity index (χ2n) is 6.60. The van der Waals surface area contributed by atoms with Crippen LogP contribution in [-0.4, -0.2) is 37.7 Å². The molecule has 1 N–H and O–H groups in total. The van der Waals surface area contributed by atoms with Crippen molar-refractivity contribution in [3.8, 4) is 11.3 Å². The van der Waals surface area contributed by atoms with Crippen molar-refractivity contribution in [2.75, 3.05) is 19.4 Å². The van der Waals surface area contributed by atoms with Gasteiger partial charge in [-0.3, -0.25) is 4.79 Å². The summed E-state index contributed by atoms with van der Waals surface area (Å²) in [5.74, 6) is 0.644. The summed E-state index contributed by atoms with van der Waals surface area (Å²) in [5, 5.41) is 3.69. The maximum absolute atomic E-state index is 12.2. The molecule has 0 radical (unpaired) electrons. The maximum atomic E-state index is 12.2. The lowest BCUT2D eigenvalue weighted by Crippen LogP contribution is -2.22. The first-order valence-electron chi connectivity index (χ1n) is 8.89. The average Bonchev–Trinajstić information content (AvgIpc) is 3.15. The van der Waals surface area contributed by atoms with E-state index < -0.39 is 10.0 Å². The molecule has 0 bridgehead atoms. The van der Waals surface area contributed by atoms with Crippen molar-refractivity contribution in [1.82, 2.24) is 9.29 Å². The van der Waals surface area contributed by atoms with Gasteiger partial charge >= 0.3 is 0 Å². The number of aryl methyl sites for hydroxylation is 1. The van der Waals surface area contributed by atoms with Gasteiger partial charge in [0.15, 0.2) is 11.7 Å². The third-order valence-electron chi connectivity index (χ3n) is 4.23. The molecule has 0 saturated carbocycles. The minimum atomic E-state index is -3.51. The van der Waals surface area contributed by atoms with Gasteiger partial charge in [-0.05, 0) is 42.5 Å². The number of hydrogen-bond donors (Lipinski definition) is 1. The quantitative estimate of drug-likeness (QED) is 0.553. The van der Waals surface area contributed by atoms with Gasteiger partial charge in [0.1, 0.15) is 0 Å². The lowest BCUT2D eigenvalue weighted by molar-refractivity contribution is -0.116. The molecule has 2 aromatic carbocycles. The van der Waals surface area contributed by atoms with Crippen molar-refractivity contribution >= 4 is 44.8 Å². The molecule has 0 unspecified atom stereocenters. The highest BCUT2D eigenvalue weighted by Crippen LogP contribution is 2.30. The van der Waals surface area contributed by atoms with Crippen LogP contribution in [0.1, 0.15) is 12.3 Å². The highest BCUT2D eigenvalue weighted by Gasteiger charge is 2.17. The molecule has 0 fully saturated rings. The van der Waals surface area contributed by atoms with Gasteiger partial charge in [-0.1, -0.05) is 23.2 Å². The standard InChI is InChI=1S/C20H19Cl2N3O4S/c1-25(2)30(27,28)15-6-4-14(5-7-15)24-19(26)9-10-20-23-12-18(29-20)16-8-3-13(21)11-17(16)22/h3-8,11-12H,9-10H2,1-2H3,(H,24,26). The number of nitrogens with one attached hydrogen (secondary N) is 1. The molecule has 30 heavy (non-hydrogen) atoms. The number of benzene rings is 2. The molecule has 0 atom stereocenters. The molecule has 3 rings (SSSR count). The van der Waals surface area contributed by atoms with Gasteiger partial charge in [0.2, 0.25) is 15.9 Å². The lowest BCUT2D eigenvalue weighted by atomic mass is 10.2. The Labute approximate surface area is 184 Å². The molecule has 1 heterocycles. The first-order valence-corrected chi connectivity index (χ1v) is 11.1. The Morgan fingerprint density at radius 1 is 1.13 bits per heavy atom. The fourth-order valence-electron chi connectivity index (χ4n) is 2.60. The Bertz CT molecular complexity index is 1160. The minimum Gasteiger partial charge on any atom is -0.441 e. The Kier molecular flexibility index (Phi) is 6.82. The zero-order valence-corrected chi connectivity index (χ0v) is 18.6. The number of anilines is 1. The van der Waals surface area contributed by atoms with Crippen LogP contribution in [0.15, 0.2) is 58.0 Å². The molecule has 7 nitrogen and oxygen atoms in total. The smallest absolute Gasteiger partial charge is 0.242 e. The van der Waals surface area contributed by atoms with Crippen LogP contribution >= 0.6 is 23.2 Å². The molecule has 0 aliphatic rings. The highest BCUT2D eigenvalue weighted by atomic mass is 35.5. The number of oxazole rings is 1. The summed E-state index contributed by atoms with van der Waals surface area (Å²) in [7, 11) is -0.595. The normalized spacial score (nSPS) is 11.6. The van der Waals surface area contributed by atoms with Crippen LogP contribution in [0.25, 0.3) is 11.3 Å². The SMILES string of the molecule is CN(C)S(=O)(=O)c1ccc(NC(=O)CCc2ncc(-c3ccc(Cl)cc3Cl)o2)cc1. The Morgan fingerprint density at radius 3 is 2.47 bits per heavy atom. The van der Waals surface area contributed by atoms with Crippen LogP contribution in [-0.2, 0) is 21.2 Å². The molecule has 1 aromatic heterocycles. The van der Waals surface area contributed by atoms with E-state index in [1.54, 1.807) is 36.5 Å². The summed E-state index contributed by atoms with van der Waals surface area (Å²) < 4.78 is 31.0. The lowest BCUT2D eigenvalue weighted by Gasteiger charge is -2.12. The predicted molar refractivity (Wildman–Crippen MR) is 116 cm³/mol. The van der Waals surface area contributed by atoms with Crippen LogP contribution in [0.5, 0.6) is 0 Å². The molecule has 158 valence electrons. The number of nitrogens with zero attached hydrogens (tertiary/aromatic N) is 2. The summed E-state index contributed by atoms with van der Waals surface area (Å²) in [6.07, 6.45) is 1.99. The maximum Gasteiger partial charge on any atom is 0.242 e. The molecule has 10 heteroatoms. The van der Waals surface area contributed by atoms with Crippen molar-refractivity contribution in [2.45, 2.75) is 17.7 Å². The second-order valence-corrected chi connectivity index (χ2v) is 9.60. The van der Waals surface area contributed by atoms with Crippen molar-refractivity contribution in [3.05, 3.63) is 64.6 Å². The summed E-state index contributed by atoms with van der Waals surface area (Å²) in [6.45, 7) is 0. The van der Waals surface area contributed by atoms with E-state index in [9.17, 15) is 13.2 Å². The van der Waals surface area contributed by atoms with Gasteiger partial charge in [0, 0.05) is 43.2 Å². The largest absolute Gasteiger partial charge is 0.441 e. The van der Waals surface area contributed by atoms with Gasteiger partial charge in [0.25, 0.3) is 0 Å². The van der Waals surface area contributed by atoms with Gasteiger partial charge in [0.05, 0.1) is 16.1 Å². The van der Waals surface area contributed by atoms with Gasteiger partial charge in [-0.2, -0.15) is 0 Å². The number of sulfonamides is 1. The summed E-state index contributed by atoms with van der Waals surface area (Å²) in [6, 6.07) is 11.0. The summed E-state index contributed by atoms with van der Waals surface area (Å²) in [4.78, 5) is 16.5. The third-order valence-corrected chi connectivity index (χ3v) is 6.61. The average molecular weight is 468 g/mol. The van der Waals surface area contributed by atoms with Crippen molar-refractivity contribution in [1.29, 1.82) is 0 Å². The highest BCUT2D eigenvalue weighted by molar-refractivity contribution is 7.89. The second kappa shape index (κ2) is 9.18. The Balaban J connectivity index is 1.58. The van der Waals surface area contributed by atoms with E-state index in [0.29, 0.717) is 39.4 Å². The molecule has 0 saturated heterocycles. The van der Waals surface area contributed by atoms with E-state index in [2.05, 4.69) is 10.3 Å². The number of carbonyl (C=O) groups is 1. The van der Waals surface area contributed by atoms with E-state index in [1.165, 1.54) is 26.2 Å². The van der Waals surface area contributed by atoms with E-state index in [-0.39, 0.29) is 17.2 Å². The van der Waals surface area contributed by atoms with Gasteiger partial charge < -0.3 is 9.73 Å². The minimum absolute atomic E-state index is 0.145. The summed E-state index contributed by atoms with van der Waals surface area (Å²) in [5.41, 5.74) is 1.16. The van der Waals surface area contributed by atoms with Crippen molar-refractivity contribution in [3.63, 3.8) is 0 Å². The summed E-state index contributed by atoms with van der Waals surface area (Å²) >= 11 is 12.1. The van der Waals surface area contributed by atoms with E-state index in [4.69, 9.17) is 27.6 Å². The first kappa shape index (κ1) is 22.3. The van der Waals surface area contributed by atoms with E-state index in [1.807, 2.05) is 0 Å². The van der Waals surface area contributed by atoms with E-state index >= 15 is 0 Å². The van der Waals surface area contributed by atoms with Crippen LogP contribution in [0.3, 0.4) is 0 Å². The predicted octanol–water partition coefficient (Wildman–Crippen LogP) is 4.47. The first-order chi connectivity index (χ1) is 14.2. The molecule has 0 aliphatic heterocycles. The molecular weight excluding hydrogens is 449 g/mol. The number of rotatable bonds is 7. The number of carbonyl (C=O) groups excluding carboxylic acids is 1. The topological polar surface area (TPSA) is 92.5 Å². The number of hydrogen-bond acceptors (Lipinski definition) is 5. The number of halogens is 2. The fraction of sp³-hybridized carbons (Fsp3) is 0.200. The van der Waals surface area contributed by atoms with Crippen molar-refractivity contribution in [2.24, 2.45) is 0 Å². The number of aromatic nitrogens is 1. The Morgan fingerprint density at radius 2 is 1.83 bits per heavy atom. The zero-order valence-electron chi connectivity index (χ0n) is 16.2. The van der Waals surface area contributed by atoms with Crippen LogP contribution in [0.2, 0.25) is 10.0 Å². The molecule has 3 aromatic rings. The van der Waals surface area contributed by atoms with Crippen LogP contribution < -0.4 is 5.32 Å². The molecule has 0 spiro atoms.